The van der Waals surface area contributed by atoms with Crippen LogP contribution < -0.4 is 19.5 Å². The monoisotopic (exact) mass is 508 g/mol. The fraction of sp³-hybridized carbons (Fsp3) is 0.321. The van der Waals surface area contributed by atoms with Crippen molar-refractivity contribution in [3.63, 3.8) is 0 Å². The van der Waals surface area contributed by atoms with Crippen LogP contribution in [0.5, 0.6) is 17.2 Å². The Bertz CT molecular complexity index is 1180. The molecule has 2 atom stereocenters. The Morgan fingerprint density at radius 2 is 1.51 bits per heavy atom. The van der Waals surface area contributed by atoms with E-state index in [4.69, 9.17) is 18.9 Å². The van der Waals surface area contributed by atoms with Gasteiger partial charge in [0.25, 0.3) is 5.91 Å². The predicted molar refractivity (Wildman–Crippen MR) is 139 cm³/mol. The maximum absolute atomic E-state index is 13.1. The van der Waals surface area contributed by atoms with Crippen molar-refractivity contribution in [2.75, 3.05) is 33.3 Å². The minimum absolute atomic E-state index is 0.177. The maximum Gasteiger partial charge on any atom is 0.339 e. The van der Waals surface area contributed by atoms with Crippen LogP contribution in [0, 0.1) is 0 Å². The lowest BCUT2D eigenvalue weighted by atomic mass is 10.1. The first-order chi connectivity index (χ1) is 17.8. The third-order valence-electron chi connectivity index (χ3n) is 5.33. The van der Waals surface area contributed by atoms with E-state index < -0.39 is 11.9 Å². The summed E-state index contributed by atoms with van der Waals surface area (Å²) in [6.07, 6.45) is 1.58. The van der Waals surface area contributed by atoms with Crippen LogP contribution >= 0.6 is 0 Å². The molecule has 3 rings (SSSR count). The summed E-state index contributed by atoms with van der Waals surface area (Å²) in [5.74, 6) is 1.12. The molecule has 0 aliphatic carbocycles. The van der Waals surface area contributed by atoms with E-state index in [0.29, 0.717) is 30.1 Å². The summed E-state index contributed by atoms with van der Waals surface area (Å²) in [4.78, 5) is 28.8. The van der Waals surface area contributed by atoms with Gasteiger partial charge < -0.3 is 29.0 Å². The van der Waals surface area contributed by atoms with E-state index in [9.17, 15) is 9.59 Å². The number of hydrogen-bond donors (Lipinski definition) is 1. The average molecular weight is 509 g/mol. The second-order valence-electron chi connectivity index (χ2n) is 8.44. The molecular formula is C28H32N2O7. The molecule has 9 heteroatoms. The zero-order valence-electron chi connectivity index (χ0n) is 21.6. The van der Waals surface area contributed by atoms with Crippen molar-refractivity contribution in [1.82, 2.24) is 4.98 Å². The van der Waals surface area contributed by atoms with E-state index in [-0.39, 0.29) is 23.6 Å². The number of pyridine rings is 1. The van der Waals surface area contributed by atoms with Crippen LogP contribution in [0.1, 0.15) is 40.1 Å². The Kier molecular flexibility index (Phi) is 9.85. The molecule has 37 heavy (non-hydrogen) atoms. The molecule has 2 aromatic carbocycles. The molecule has 0 radical (unpaired) electrons. The largest absolute Gasteiger partial charge is 0.497 e. The highest BCUT2D eigenvalue weighted by Crippen LogP contribution is 2.26. The van der Waals surface area contributed by atoms with Crippen molar-refractivity contribution in [2.24, 2.45) is 0 Å². The van der Waals surface area contributed by atoms with E-state index in [1.165, 1.54) is 25.4 Å². The highest BCUT2D eigenvalue weighted by molar-refractivity contribution is 6.04. The van der Waals surface area contributed by atoms with Gasteiger partial charge in [-0.15, -0.1) is 0 Å². The summed E-state index contributed by atoms with van der Waals surface area (Å²) >= 11 is 0. The van der Waals surface area contributed by atoms with Crippen molar-refractivity contribution in [1.29, 1.82) is 0 Å². The third-order valence-corrected chi connectivity index (χ3v) is 5.33. The predicted octanol–water partition coefficient (Wildman–Crippen LogP) is 4.55. The van der Waals surface area contributed by atoms with Crippen LogP contribution in [-0.2, 0) is 15.9 Å². The molecular weight excluding hydrogens is 476 g/mol. The number of methoxy groups -OCH3 is 3. The van der Waals surface area contributed by atoms with Gasteiger partial charge in [-0.3, -0.25) is 4.79 Å². The number of esters is 1. The van der Waals surface area contributed by atoms with Crippen molar-refractivity contribution in [3.8, 4) is 17.2 Å². The highest BCUT2D eigenvalue weighted by Gasteiger charge is 2.16. The van der Waals surface area contributed by atoms with Gasteiger partial charge in [-0.25, -0.2) is 9.78 Å². The first kappa shape index (κ1) is 27.5. The normalized spacial score (nSPS) is 12.2. The number of carbonyl (C=O) groups is 2. The number of ether oxygens (including phenoxy) is 5. The van der Waals surface area contributed by atoms with E-state index >= 15 is 0 Å². The van der Waals surface area contributed by atoms with E-state index in [0.717, 1.165) is 11.3 Å². The van der Waals surface area contributed by atoms with Gasteiger partial charge in [-0.1, -0.05) is 12.1 Å². The zero-order chi connectivity index (χ0) is 26.8. The zero-order valence-corrected chi connectivity index (χ0v) is 21.6. The molecule has 0 aliphatic rings. The number of anilines is 1. The molecule has 0 unspecified atom stereocenters. The van der Waals surface area contributed by atoms with Crippen LogP contribution in [0.15, 0.2) is 60.8 Å². The van der Waals surface area contributed by atoms with Crippen molar-refractivity contribution in [3.05, 3.63) is 77.5 Å². The lowest BCUT2D eigenvalue weighted by Gasteiger charge is -2.19. The molecule has 0 bridgehead atoms. The molecule has 0 fully saturated rings. The number of benzene rings is 2. The Labute approximate surface area is 216 Å². The van der Waals surface area contributed by atoms with Gasteiger partial charge in [-0.05, 0) is 55.8 Å². The number of amides is 1. The average Bonchev–Trinajstić information content (AvgIpc) is 2.89. The van der Waals surface area contributed by atoms with Gasteiger partial charge in [0.2, 0.25) is 0 Å². The molecule has 196 valence electrons. The second-order valence-corrected chi connectivity index (χ2v) is 8.44. The van der Waals surface area contributed by atoms with Crippen LogP contribution in [0.2, 0.25) is 0 Å². The molecule has 1 amide bonds. The number of aromatic nitrogens is 1. The van der Waals surface area contributed by atoms with Crippen LogP contribution in [0.25, 0.3) is 0 Å². The lowest BCUT2D eigenvalue weighted by Crippen LogP contribution is -2.20. The molecule has 1 aromatic heterocycles. The fourth-order valence-corrected chi connectivity index (χ4v) is 3.60. The summed E-state index contributed by atoms with van der Waals surface area (Å²) in [6, 6.07) is 15.9. The summed E-state index contributed by atoms with van der Waals surface area (Å²) in [7, 11) is 4.51. The number of hydrogen-bond acceptors (Lipinski definition) is 8. The molecule has 0 aliphatic heterocycles. The van der Waals surface area contributed by atoms with Crippen LogP contribution in [-0.4, -0.2) is 57.0 Å². The van der Waals surface area contributed by atoms with Crippen LogP contribution in [0.4, 0.5) is 5.82 Å². The third kappa shape index (κ3) is 8.22. The van der Waals surface area contributed by atoms with Crippen molar-refractivity contribution >= 4 is 17.7 Å². The van der Waals surface area contributed by atoms with Gasteiger partial charge >= 0.3 is 5.97 Å². The lowest BCUT2D eigenvalue weighted by molar-refractivity contribution is 0.0600. The molecule has 0 saturated heterocycles. The summed E-state index contributed by atoms with van der Waals surface area (Å²) in [6.45, 7) is 4.21. The van der Waals surface area contributed by atoms with Gasteiger partial charge in [0, 0.05) is 31.4 Å². The number of carbonyl (C=O) groups excluding carboxylic acids is 2. The summed E-state index contributed by atoms with van der Waals surface area (Å²) in [5.41, 5.74) is 1.70. The standard InChI is InChI=1S/C28H32N2O7/c1-18(12-20-6-9-23(34-4)10-7-20)36-24-13-22(14-25(15-24)37-19(2)17-33-3)27(31)30-26-11-8-21(16-29-26)28(32)35-5/h6-11,13-16,18-19H,12,17H2,1-5H3,(H,29,30,31)/t18-,19-/m0/s1. The van der Waals surface area contributed by atoms with E-state index in [1.54, 1.807) is 32.4 Å². The second kappa shape index (κ2) is 13.3. The van der Waals surface area contributed by atoms with Gasteiger partial charge in [0.15, 0.2) is 0 Å². The molecule has 0 spiro atoms. The van der Waals surface area contributed by atoms with Gasteiger partial charge in [0.05, 0.1) is 32.5 Å². The minimum atomic E-state index is -0.508. The van der Waals surface area contributed by atoms with Crippen molar-refractivity contribution in [2.45, 2.75) is 32.5 Å². The Balaban J connectivity index is 1.77. The van der Waals surface area contributed by atoms with E-state index in [2.05, 4.69) is 15.0 Å². The van der Waals surface area contributed by atoms with Crippen molar-refractivity contribution < 1.29 is 33.3 Å². The van der Waals surface area contributed by atoms with Gasteiger partial charge in [-0.2, -0.15) is 0 Å². The Morgan fingerprint density at radius 3 is 2.08 bits per heavy atom. The number of nitrogens with zero attached hydrogens (tertiary/aromatic N) is 1. The highest BCUT2D eigenvalue weighted by atomic mass is 16.5. The first-order valence-electron chi connectivity index (χ1n) is 11.8. The van der Waals surface area contributed by atoms with Gasteiger partial charge in [0.1, 0.15) is 29.2 Å². The maximum atomic E-state index is 13.1. The molecule has 1 heterocycles. The smallest absolute Gasteiger partial charge is 0.339 e. The molecule has 0 saturated carbocycles. The summed E-state index contributed by atoms with van der Waals surface area (Å²) in [5, 5.41) is 2.73. The molecule has 3 aromatic rings. The fourth-order valence-electron chi connectivity index (χ4n) is 3.60. The minimum Gasteiger partial charge on any atom is -0.497 e. The topological polar surface area (TPSA) is 105 Å². The SMILES string of the molecule is COC[C@H](C)Oc1cc(O[C@@H](C)Cc2ccc(OC)cc2)cc(C(=O)Nc2ccc(C(=O)OC)cn2)c1. The first-order valence-corrected chi connectivity index (χ1v) is 11.8. The Morgan fingerprint density at radius 1 is 0.838 bits per heavy atom. The number of rotatable bonds is 12. The Hall–Kier alpha value is -4.11. The molecule has 9 nitrogen and oxygen atoms in total. The summed E-state index contributed by atoms with van der Waals surface area (Å²) < 4.78 is 27.2. The molecule has 1 N–H and O–H groups in total. The quantitative estimate of drug-likeness (QED) is 0.355. The number of nitrogens with one attached hydrogen (secondary N) is 1. The van der Waals surface area contributed by atoms with Crippen LogP contribution in [0.3, 0.4) is 0 Å². The van der Waals surface area contributed by atoms with E-state index in [1.807, 2.05) is 38.1 Å².